The van der Waals surface area contributed by atoms with Crippen LogP contribution in [-0.4, -0.2) is 23.3 Å². The Balaban J connectivity index is 1.64. The van der Waals surface area contributed by atoms with Crippen molar-refractivity contribution in [1.29, 1.82) is 0 Å². The molecule has 138 valence electrons. The summed E-state index contributed by atoms with van der Waals surface area (Å²) >= 11 is 0. The highest BCUT2D eigenvalue weighted by Crippen LogP contribution is 2.21. The number of hydrogen-bond acceptors (Lipinski definition) is 5. The fourth-order valence-corrected chi connectivity index (χ4v) is 2.86. The van der Waals surface area contributed by atoms with Gasteiger partial charge in [-0.2, -0.15) is 0 Å². The molecule has 0 radical (unpaired) electrons. The van der Waals surface area contributed by atoms with Gasteiger partial charge in [0, 0.05) is 17.7 Å². The Labute approximate surface area is 157 Å². The van der Waals surface area contributed by atoms with Gasteiger partial charge in [-0.25, -0.2) is 9.78 Å². The summed E-state index contributed by atoms with van der Waals surface area (Å²) in [6.07, 6.45) is 2.63. The van der Waals surface area contributed by atoms with E-state index in [4.69, 9.17) is 9.15 Å². The van der Waals surface area contributed by atoms with E-state index in [1.165, 1.54) is 17.7 Å². The molecule has 0 N–H and O–H groups in total. The van der Waals surface area contributed by atoms with Gasteiger partial charge in [-0.3, -0.25) is 4.79 Å². The quantitative estimate of drug-likeness (QED) is 0.379. The number of aromatic nitrogens is 1. The fourth-order valence-electron chi connectivity index (χ4n) is 2.86. The molecule has 1 aromatic heterocycles. The van der Waals surface area contributed by atoms with Crippen LogP contribution in [0.2, 0.25) is 0 Å². The predicted molar refractivity (Wildman–Crippen MR) is 104 cm³/mol. The molecular formula is C22H21NO4. The number of benzene rings is 2. The molecule has 27 heavy (non-hydrogen) atoms. The Morgan fingerprint density at radius 1 is 1.07 bits per heavy atom. The monoisotopic (exact) mass is 363 g/mol. The molecule has 3 aromatic rings. The maximum atomic E-state index is 12.4. The highest BCUT2D eigenvalue weighted by Gasteiger charge is 2.15. The molecule has 0 saturated heterocycles. The third-order valence-corrected chi connectivity index (χ3v) is 4.80. The summed E-state index contributed by atoms with van der Waals surface area (Å²) < 4.78 is 10.6. The van der Waals surface area contributed by atoms with Gasteiger partial charge in [0.15, 0.2) is 12.2 Å². The first-order chi connectivity index (χ1) is 12.9. The summed E-state index contributed by atoms with van der Waals surface area (Å²) in [4.78, 5) is 28.6. The number of esters is 1. The molecule has 0 amide bonds. The zero-order chi connectivity index (χ0) is 19.6. The van der Waals surface area contributed by atoms with Gasteiger partial charge in [0.25, 0.3) is 0 Å². The van der Waals surface area contributed by atoms with Crippen molar-refractivity contribution in [3.05, 3.63) is 70.1 Å². The van der Waals surface area contributed by atoms with E-state index in [0.717, 1.165) is 16.7 Å². The minimum atomic E-state index is -0.621. The van der Waals surface area contributed by atoms with Gasteiger partial charge in [-0.15, -0.1) is 0 Å². The van der Waals surface area contributed by atoms with Crippen molar-refractivity contribution >= 4 is 28.9 Å². The lowest BCUT2D eigenvalue weighted by Gasteiger charge is -2.13. The molecule has 0 aliphatic heterocycles. The Kier molecular flexibility index (Phi) is 5.21. The van der Waals surface area contributed by atoms with E-state index in [2.05, 4.69) is 4.98 Å². The Morgan fingerprint density at radius 2 is 1.81 bits per heavy atom. The maximum Gasteiger partial charge on any atom is 0.331 e. The summed E-state index contributed by atoms with van der Waals surface area (Å²) in [6.45, 7) is 7.59. The number of Topliss-reactive ketones (excluding diaryl/α,β-unsaturated/α-hetero) is 1. The minimum Gasteiger partial charge on any atom is -0.454 e. The summed E-state index contributed by atoms with van der Waals surface area (Å²) in [6, 6.07) is 9.17. The van der Waals surface area contributed by atoms with Crippen LogP contribution in [0.5, 0.6) is 0 Å². The molecule has 0 unspecified atom stereocenters. The largest absolute Gasteiger partial charge is 0.454 e. The summed E-state index contributed by atoms with van der Waals surface area (Å²) in [5, 5.41) is 0. The smallest absolute Gasteiger partial charge is 0.331 e. The number of fused-ring (bicyclic) bond motifs is 1. The molecule has 0 bridgehead atoms. The fraction of sp³-hybridized carbons (Fsp3) is 0.227. The number of ketones is 1. The number of carbonyl (C=O) groups excluding carboxylic acids is 2. The minimum absolute atomic E-state index is 0.220. The van der Waals surface area contributed by atoms with Crippen LogP contribution in [0.4, 0.5) is 0 Å². The van der Waals surface area contributed by atoms with Crippen molar-refractivity contribution in [2.75, 3.05) is 6.61 Å². The van der Waals surface area contributed by atoms with Crippen molar-refractivity contribution in [3.8, 4) is 0 Å². The number of hydrogen-bond donors (Lipinski definition) is 0. The molecule has 0 aliphatic carbocycles. The molecule has 0 aliphatic rings. The number of rotatable bonds is 5. The van der Waals surface area contributed by atoms with E-state index in [0.29, 0.717) is 22.6 Å². The summed E-state index contributed by atoms with van der Waals surface area (Å²) in [5.41, 5.74) is 6.15. The molecule has 0 spiro atoms. The van der Waals surface area contributed by atoms with Crippen LogP contribution in [0.1, 0.15) is 38.5 Å². The predicted octanol–water partition coefficient (Wildman–Crippen LogP) is 4.50. The van der Waals surface area contributed by atoms with E-state index in [1.807, 2.05) is 52.0 Å². The first kappa shape index (κ1) is 18.6. The van der Waals surface area contributed by atoms with Gasteiger partial charge < -0.3 is 9.15 Å². The second-order valence-electron chi connectivity index (χ2n) is 6.50. The SMILES string of the molecule is Cc1cc(C(=O)COC(=O)C=Cc2nc3ccccc3o2)c(C)c(C)c1C. The van der Waals surface area contributed by atoms with Crippen molar-refractivity contribution in [2.45, 2.75) is 27.7 Å². The van der Waals surface area contributed by atoms with Gasteiger partial charge in [0.05, 0.1) is 0 Å². The highest BCUT2D eigenvalue weighted by molar-refractivity contribution is 6.00. The van der Waals surface area contributed by atoms with Crippen LogP contribution >= 0.6 is 0 Å². The Morgan fingerprint density at radius 3 is 2.56 bits per heavy atom. The number of nitrogens with zero attached hydrogens (tertiary/aromatic N) is 1. The molecule has 0 fully saturated rings. The third-order valence-electron chi connectivity index (χ3n) is 4.80. The van der Waals surface area contributed by atoms with Gasteiger partial charge in [0.1, 0.15) is 5.52 Å². The molecule has 0 atom stereocenters. The van der Waals surface area contributed by atoms with Crippen LogP contribution in [0.25, 0.3) is 17.2 Å². The molecule has 2 aromatic carbocycles. The van der Waals surface area contributed by atoms with Crippen LogP contribution in [-0.2, 0) is 9.53 Å². The van der Waals surface area contributed by atoms with Gasteiger partial charge in [0.2, 0.25) is 11.7 Å². The van der Waals surface area contributed by atoms with Gasteiger partial charge in [-0.1, -0.05) is 12.1 Å². The van der Waals surface area contributed by atoms with E-state index < -0.39 is 5.97 Å². The number of para-hydroxylation sites is 2. The number of aryl methyl sites for hydroxylation is 1. The highest BCUT2D eigenvalue weighted by atomic mass is 16.5. The van der Waals surface area contributed by atoms with Crippen molar-refractivity contribution in [1.82, 2.24) is 4.98 Å². The van der Waals surface area contributed by atoms with E-state index in [9.17, 15) is 9.59 Å². The van der Waals surface area contributed by atoms with Crippen molar-refractivity contribution in [3.63, 3.8) is 0 Å². The molecular weight excluding hydrogens is 342 g/mol. The van der Waals surface area contributed by atoms with E-state index in [1.54, 1.807) is 6.07 Å². The van der Waals surface area contributed by atoms with E-state index in [-0.39, 0.29) is 12.4 Å². The van der Waals surface area contributed by atoms with Crippen molar-refractivity contribution in [2.24, 2.45) is 0 Å². The summed E-state index contributed by atoms with van der Waals surface area (Å²) in [7, 11) is 0. The lowest BCUT2D eigenvalue weighted by molar-refractivity contribution is -0.136. The maximum absolute atomic E-state index is 12.4. The van der Waals surface area contributed by atoms with E-state index >= 15 is 0 Å². The average Bonchev–Trinajstić information content (AvgIpc) is 3.08. The third kappa shape index (κ3) is 3.97. The van der Waals surface area contributed by atoms with Gasteiger partial charge in [-0.05, 0) is 68.1 Å². The zero-order valence-corrected chi connectivity index (χ0v) is 15.8. The second kappa shape index (κ2) is 7.58. The topological polar surface area (TPSA) is 69.4 Å². The molecule has 3 rings (SSSR count). The van der Waals surface area contributed by atoms with Crippen LogP contribution < -0.4 is 0 Å². The average molecular weight is 363 g/mol. The number of ether oxygens (including phenoxy) is 1. The van der Waals surface area contributed by atoms with Crippen LogP contribution in [0.3, 0.4) is 0 Å². The van der Waals surface area contributed by atoms with Crippen LogP contribution in [0, 0.1) is 27.7 Å². The standard InChI is InChI=1S/C22H21NO4/c1-13-11-17(16(4)15(3)14(13)2)19(24)12-26-22(25)10-9-21-23-18-7-5-6-8-20(18)27-21/h5-11H,12H2,1-4H3. The number of oxazole rings is 1. The lowest BCUT2D eigenvalue weighted by Crippen LogP contribution is -2.15. The van der Waals surface area contributed by atoms with Gasteiger partial charge >= 0.3 is 5.97 Å². The van der Waals surface area contributed by atoms with Crippen molar-refractivity contribution < 1.29 is 18.7 Å². The number of carbonyl (C=O) groups is 2. The zero-order valence-electron chi connectivity index (χ0n) is 15.8. The second-order valence-corrected chi connectivity index (χ2v) is 6.50. The molecule has 1 heterocycles. The molecule has 5 heteroatoms. The Hall–Kier alpha value is -3.21. The first-order valence-corrected chi connectivity index (χ1v) is 8.68. The normalized spacial score (nSPS) is 11.3. The lowest BCUT2D eigenvalue weighted by atomic mass is 9.93. The summed E-state index contributed by atoms with van der Waals surface area (Å²) in [5.74, 6) is -0.536. The first-order valence-electron chi connectivity index (χ1n) is 8.68. The van der Waals surface area contributed by atoms with Crippen LogP contribution in [0.15, 0.2) is 40.8 Å². The molecule has 5 nitrogen and oxygen atoms in total. The molecule has 0 saturated carbocycles. The Bertz CT molecular complexity index is 1030.